The summed E-state index contributed by atoms with van der Waals surface area (Å²) >= 11 is 0. The molecule has 0 bridgehead atoms. The number of rotatable bonds is 3. The Morgan fingerprint density at radius 1 is 0.840 bits per heavy atom. The van der Waals surface area contributed by atoms with Gasteiger partial charge >= 0.3 is 7.54 Å². The first kappa shape index (κ1) is 23.5. The highest BCUT2D eigenvalue weighted by molar-refractivity contribution is 7.96. The lowest BCUT2D eigenvalue weighted by Crippen LogP contribution is -3.00. The van der Waals surface area contributed by atoms with Gasteiger partial charge in [0.25, 0.3) is 6.01 Å². The predicted molar refractivity (Wildman–Crippen MR) is 95.5 cm³/mol. The van der Waals surface area contributed by atoms with Gasteiger partial charge in [-0.05, 0) is 69.5 Å². The van der Waals surface area contributed by atoms with Crippen molar-refractivity contribution in [3.05, 3.63) is 58.1 Å². The summed E-state index contributed by atoms with van der Waals surface area (Å²) in [4.78, 5) is 2.24. The molecule has 0 aromatic heterocycles. The Labute approximate surface area is 149 Å². The smallest absolute Gasteiger partial charge is 0.762 e. The van der Waals surface area contributed by atoms with Crippen molar-refractivity contribution < 1.29 is 22.0 Å². The molecule has 0 saturated carbocycles. The van der Waals surface area contributed by atoms with Crippen LogP contribution in [0.15, 0.2) is 40.1 Å². The van der Waals surface area contributed by atoms with Gasteiger partial charge in [0.15, 0.2) is 9.79 Å². The van der Waals surface area contributed by atoms with Crippen molar-refractivity contribution in [1.82, 2.24) is 0 Å². The third-order valence-electron chi connectivity index (χ3n) is 4.11. The fourth-order valence-corrected chi connectivity index (χ4v) is 4.19. The molecule has 0 fully saturated rings. The third-order valence-corrected chi connectivity index (χ3v) is 6.13. The Kier molecular flexibility index (Phi) is 9.86. The molecule has 0 saturated heterocycles. The Hall–Kier alpha value is -1.50. The van der Waals surface area contributed by atoms with Gasteiger partial charge in [-0.3, -0.25) is 12.9 Å². The van der Waals surface area contributed by atoms with Crippen LogP contribution in [0.5, 0.6) is 0 Å². The Bertz CT molecular complexity index is 671. The highest BCUT2D eigenvalue weighted by Crippen LogP contribution is 2.31. The molecule has 2 aromatic carbocycles. The maximum absolute atomic E-state index is 13.7. The van der Waals surface area contributed by atoms with Crippen LogP contribution in [0.2, 0.25) is 0 Å². The van der Waals surface area contributed by atoms with Crippen molar-refractivity contribution in [1.29, 1.82) is 0 Å². The van der Waals surface area contributed by atoms with Crippen molar-refractivity contribution in [2.24, 2.45) is 0 Å². The molecule has 1 atom stereocenters. The van der Waals surface area contributed by atoms with Crippen molar-refractivity contribution in [3.63, 3.8) is 0 Å². The van der Waals surface area contributed by atoms with E-state index in [0.29, 0.717) is 0 Å². The van der Waals surface area contributed by atoms with Crippen molar-refractivity contribution >= 4 is 18.4 Å². The second kappa shape index (κ2) is 10.5. The summed E-state index contributed by atoms with van der Waals surface area (Å²) in [5.74, 6) is 0. The number of benzene rings is 2. The van der Waals surface area contributed by atoms with E-state index in [9.17, 15) is 17.3 Å². The molecule has 0 aliphatic heterocycles. The van der Waals surface area contributed by atoms with Crippen molar-refractivity contribution in [2.45, 2.75) is 44.4 Å². The molecule has 0 aliphatic rings. The average molecular weight is 376 g/mol. The zero-order valence-electron chi connectivity index (χ0n) is 15.0. The van der Waals surface area contributed by atoms with Crippen LogP contribution in [0.25, 0.3) is 0 Å². The standard InChI is InChI=1S/C18H22FS.BF3.FH/c1-12-6-8-17(9-7-12)20(11-19)18-10-13(2)14(3)15(4)16(18)5;2-1(3)4;/h6-10H,11H2,1-5H3;;1H/q+1;;/p-1. The zero-order chi connectivity index (χ0) is 18.4. The van der Waals surface area contributed by atoms with E-state index in [1.807, 2.05) is 0 Å². The number of aryl methyl sites for hydroxylation is 2. The molecule has 0 spiro atoms. The lowest BCUT2D eigenvalue weighted by molar-refractivity contribution is -0.00000845. The minimum atomic E-state index is -3.67. The van der Waals surface area contributed by atoms with E-state index in [-0.39, 0.29) is 10.7 Å². The summed E-state index contributed by atoms with van der Waals surface area (Å²) in [6.07, 6.45) is 0. The largest absolute Gasteiger partial charge is 1.00 e. The van der Waals surface area contributed by atoms with Crippen LogP contribution in [0.4, 0.5) is 17.3 Å². The topological polar surface area (TPSA) is 0 Å². The summed E-state index contributed by atoms with van der Waals surface area (Å²) in [5, 5.41) is 0. The Morgan fingerprint density at radius 3 is 1.76 bits per heavy atom. The molecule has 7 heteroatoms. The van der Waals surface area contributed by atoms with Gasteiger partial charge in [0, 0.05) is 5.56 Å². The Balaban J connectivity index is 0.00000104. The second-order valence-electron chi connectivity index (χ2n) is 5.63. The summed E-state index contributed by atoms with van der Waals surface area (Å²) in [6, 6.07) is 10.1. The van der Waals surface area contributed by atoms with Crippen LogP contribution in [0, 0.1) is 34.6 Å². The molecule has 2 aromatic rings. The highest BCUT2D eigenvalue weighted by Gasteiger charge is 2.28. The monoisotopic (exact) mass is 376 g/mol. The lowest BCUT2D eigenvalue weighted by atomic mass is 10.00. The van der Waals surface area contributed by atoms with Crippen LogP contribution < -0.4 is 4.70 Å². The quantitative estimate of drug-likeness (QED) is 0.439. The summed E-state index contributed by atoms with van der Waals surface area (Å²) in [6.45, 7) is 10.6. The van der Waals surface area contributed by atoms with Crippen LogP contribution in [-0.2, 0) is 10.9 Å². The van der Waals surface area contributed by atoms with Gasteiger partial charge in [0.05, 0.1) is 10.9 Å². The van der Waals surface area contributed by atoms with E-state index in [0.717, 1.165) is 9.79 Å². The van der Waals surface area contributed by atoms with E-state index in [4.69, 9.17) is 0 Å². The minimum Gasteiger partial charge on any atom is -1.00 e. The van der Waals surface area contributed by atoms with Gasteiger partial charge in [-0.2, -0.15) is 4.39 Å². The van der Waals surface area contributed by atoms with Gasteiger partial charge in [0.2, 0.25) is 0 Å². The van der Waals surface area contributed by atoms with E-state index in [1.54, 1.807) is 0 Å². The number of hydrogen-bond acceptors (Lipinski definition) is 0. The molecular weight excluding hydrogens is 354 g/mol. The number of alkyl halides is 1. The van der Waals surface area contributed by atoms with E-state index < -0.39 is 18.4 Å². The number of halogens is 5. The van der Waals surface area contributed by atoms with E-state index in [1.165, 1.54) is 27.8 Å². The van der Waals surface area contributed by atoms with Gasteiger partial charge in [-0.25, -0.2) is 0 Å². The highest BCUT2D eigenvalue weighted by atomic mass is 32.2. The molecule has 1 unspecified atom stereocenters. The SMILES string of the molecule is Cc1ccc([S+](CF)c2cc(C)c(C)c(C)c2C)cc1.FB(F)F.[F-]. The van der Waals surface area contributed by atoms with Crippen molar-refractivity contribution in [3.8, 4) is 0 Å². The molecule has 0 N–H and O–H groups in total. The minimum absolute atomic E-state index is 0. The maximum Gasteiger partial charge on any atom is 0.762 e. The second-order valence-corrected chi connectivity index (χ2v) is 7.54. The molecule has 2 rings (SSSR count). The summed E-state index contributed by atoms with van der Waals surface area (Å²) < 4.78 is 42.7. The molecule has 0 nitrogen and oxygen atoms in total. The van der Waals surface area contributed by atoms with E-state index in [2.05, 4.69) is 65.0 Å². The third kappa shape index (κ3) is 6.38. The van der Waals surface area contributed by atoms with Crippen LogP contribution in [-0.4, -0.2) is 13.6 Å². The van der Waals surface area contributed by atoms with E-state index >= 15 is 0 Å². The first-order valence-electron chi connectivity index (χ1n) is 7.52. The van der Waals surface area contributed by atoms with Gasteiger partial charge in [0.1, 0.15) is 0 Å². The van der Waals surface area contributed by atoms with Crippen LogP contribution in [0.1, 0.15) is 27.8 Å². The fourth-order valence-electron chi connectivity index (χ4n) is 2.38. The number of hydrogen-bond donors (Lipinski definition) is 0. The molecule has 0 amide bonds. The first-order chi connectivity index (χ1) is 11.2. The average Bonchev–Trinajstić information content (AvgIpc) is 2.52. The van der Waals surface area contributed by atoms with Crippen LogP contribution >= 0.6 is 0 Å². The molecular formula is C18H22BF5S. The van der Waals surface area contributed by atoms with Gasteiger partial charge in [-0.1, -0.05) is 17.7 Å². The summed E-state index contributed by atoms with van der Waals surface area (Å²) in [7, 11) is -4.14. The maximum atomic E-state index is 13.7. The summed E-state index contributed by atoms with van der Waals surface area (Å²) in [5.41, 5.74) is 6.30. The Morgan fingerprint density at radius 2 is 1.32 bits per heavy atom. The lowest BCUT2D eigenvalue weighted by Gasteiger charge is -2.13. The van der Waals surface area contributed by atoms with Gasteiger partial charge in [-0.15, -0.1) is 0 Å². The zero-order valence-corrected chi connectivity index (χ0v) is 15.8. The van der Waals surface area contributed by atoms with Gasteiger partial charge < -0.3 is 4.70 Å². The molecule has 0 aliphatic carbocycles. The molecule has 0 heterocycles. The first-order valence-corrected chi connectivity index (χ1v) is 8.91. The fraction of sp³-hybridized carbons (Fsp3) is 0.333. The predicted octanol–water partition coefficient (Wildman–Crippen LogP) is 3.08. The molecule has 0 radical (unpaired) electrons. The van der Waals surface area contributed by atoms with Crippen LogP contribution in [0.3, 0.4) is 0 Å². The molecule has 138 valence electrons. The molecule has 25 heavy (non-hydrogen) atoms. The normalized spacial score (nSPS) is 11.1. The van der Waals surface area contributed by atoms with Crippen molar-refractivity contribution in [2.75, 3.05) is 6.01 Å².